The average molecular weight is 786 g/mol. The molecule has 0 aliphatic carbocycles. The van der Waals surface area contributed by atoms with Crippen molar-refractivity contribution in [1.29, 1.82) is 5.41 Å². The molecule has 0 bridgehead atoms. The summed E-state index contributed by atoms with van der Waals surface area (Å²) < 4.78 is 0. The quantitative estimate of drug-likeness (QED) is 0.0416. The SMILES string of the molecule is CC(=N)CCCSC1CC(=O)N(CCCC[C@H](CC(=O)CNC(=O)CN2CCN(CC(=O)O)CCN(CC(=O)O)CCN(CC(=O)O)CC2)C(=O)O)C1=O. The molecule has 2 atom stereocenters. The minimum atomic E-state index is -1.18. The highest BCUT2D eigenvalue weighted by molar-refractivity contribution is 8.00. The summed E-state index contributed by atoms with van der Waals surface area (Å²) in [5.74, 6) is -6.33. The van der Waals surface area contributed by atoms with E-state index in [-0.39, 0.29) is 116 Å². The van der Waals surface area contributed by atoms with Crippen LogP contribution >= 0.6 is 11.8 Å². The first-order chi connectivity index (χ1) is 25.5. The van der Waals surface area contributed by atoms with Crippen LogP contribution in [-0.4, -0.2) is 201 Å². The summed E-state index contributed by atoms with van der Waals surface area (Å²) in [5, 5.41) is 47.4. The maximum atomic E-state index is 12.9. The van der Waals surface area contributed by atoms with E-state index in [2.05, 4.69) is 5.32 Å². The number of likely N-dealkylation sites (tertiary alicyclic amines) is 1. The molecular weight excluding hydrogens is 730 g/mol. The molecule has 0 aromatic rings. The van der Waals surface area contributed by atoms with Crippen molar-refractivity contribution in [3.8, 4) is 0 Å². The zero-order chi connectivity index (χ0) is 40.2. The molecule has 2 fully saturated rings. The van der Waals surface area contributed by atoms with Crippen LogP contribution in [0.4, 0.5) is 0 Å². The molecule has 20 heteroatoms. The lowest BCUT2D eigenvalue weighted by Gasteiger charge is -2.32. The van der Waals surface area contributed by atoms with Crippen LogP contribution in [0.1, 0.15) is 51.9 Å². The highest BCUT2D eigenvalue weighted by Crippen LogP contribution is 2.26. The van der Waals surface area contributed by atoms with Gasteiger partial charge in [-0.3, -0.25) is 62.9 Å². The number of imide groups is 1. The first kappa shape index (κ1) is 46.2. The van der Waals surface area contributed by atoms with Gasteiger partial charge >= 0.3 is 23.9 Å². The van der Waals surface area contributed by atoms with Crippen LogP contribution in [-0.2, 0) is 38.4 Å². The van der Waals surface area contributed by atoms with Gasteiger partial charge in [-0.15, -0.1) is 11.8 Å². The van der Waals surface area contributed by atoms with E-state index in [1.54, 1.807) is 26.5 Å². The van der Waals surface area contributed by atoms with Crippen LogP contribution in [0.15, 0.2) is 0 Å². The number of carbonyl (C=O) groups is 8. The van der Waals surface area contributed by atoms with Gasteiger partial charge in [0.2, 0.25) is 17.7 Å². The highest BCUT2D eigenvalue weighted by Gasteiger charge is 2.38. The van der Waals surface area contributed by atoms with E-state index < -0.39 is 53.3 Å². The topological polar surface area (TPSA) is 270 Å². The molecule has 0 spiro atoms. The van der Waals surface area contributed by atoms with Crippen molar-refractivity contribution in [2.75, 3.05) is 97.4 Å². The Hall–Kier alpha value is -3.98. The van der Waals surface area contributed by atoms with Crippen LogP contribution in [0.25, 0.3) is 0 Å². The fourth-order valence-corrected chi connectivity index (χ4v) is 7.27. The smallest absolute Gasteiger partial charge is 0.317 e. The Bertz CT molecular complexity index is 1320. The van der Waals surface area contributed by atoms with Gasteiger partial charge in [-0.25, -0.2) is 0 Å². The molecule has 0 aromatic carbocycles. The Labute approximate surface area is 318 Å². The molecule has 19 nitrogen and oxygen atoms in total. The van der Waals surface area contributed by atoms with E-state index in [4.69, 9.17) is 5.41 Å². The molecule has 2 heterocycles. The Morgan fingerprint density at radius 1 is 0.759 bits per heavy atom. The van der Waals surface area contributed by atoms with Crippen molar-refractivity contribution >= 4 is 64.9 Å². The number of carboxylic acid groups (broad SMARTS) is 4. The summed E-state index contributed by atoms with van der Waals surface area (Å²) in [7, 11) is 0. The van der Waals surface area contributed by atoms with Gasteiger partial charge in [-0.05, 0) is 38.4 Å². The summed E-state index contributed by atoms with van der Waals surface area (Å²) in [6.45, 7) is 2.11. The molecular formula is C34H55N7O12S. The van der Waals surface area contributed by atoms with Crippen molar-refractivity contribution in [3.05, 3.63) is 0 Å². The number of unbranched alkanes of at least 4 members (excludes halogenated alkanes) is 1. The molecule has 54 heavy (non-hydrogen) atoms. The van der Waals surface area contributed by atoms with E-state index in [9.17, 15) is 58.8 Å². The number of ketones is 1. The lowest BCUT2D eigenvalue weighted by atomic mass is 9.96. The van der Waals surface area contributed by atoms with E-state index in [0.717, 1.165) is 6.42 Å². The van der Waals surface area contributed by atoms with Gasteiger partial charge in [-0.2, -0.15) is 0 Å². The second kappa shape index (κ2) is 24.4. The molecule has 1 unspecified atom stereocenters. The van der Waals surface area contributed by atoms with E-state index in [1.165, 1.54) is 16.7 Å². The molecule has 0 aromatic heterocycles. The molecule has 304 valence electrons. The van der Waals surface area contributed by atoms with Crippen molar-refractivity contribution in [2.45, 2.75) is 57.1 Å². The number of hydrogen-bond acceptors (Lipinski definition) is 14. The standard InChI is InChI=1S/C34H55N7O12S/c1-24(35)5-4-16-54-27-18-29(44)41(33(27)51)7-3-2-6-25(34(52)53)17-26(42)19-36-28(43)20-37-8-10-38(21-30(45)46)12-14-40(23-32(49)50)15-13-39(11-9-37)22-31(47)48/h25,27,35H,2-23H2,1H3,(H,36,43)(H,45,46)(H,47,48)(H,49,50)(H,52,53)/t25-,27?/m1/s1. The Balaban J connectivity index is 1.88. The second-order valence-corrected chi connectivity index (χ2v) is 15.0. The summed E-state index contributed by atoms with van der Waals surface area (Å²) in [6.07, 6.45) is 2.03. The second-order valence-electron chi connectivity index (χ2n) is 13.7. The first-order valence-electron chi connectivity index (χ1n) is 18.1. The third-order valence-electron chi connectivity index (χ3n) is 9.08. The number of Topliss-reactive ketones (excluding diaryl/α,β-unsaturated/α-hetero) is 1. The van der Waals surface area contributed by atoms with E-state index in [1.807, 2.05) is 0 Å². The van der Waals surface area contributed by atoms with Crippen LogP contribution in [0, 0.1) is 11.3 Å². The molecule has 6 N–H and O–H groups in total. The molecule has 0 saturated carbocycles. The molecule has 2 saturated heterocycles. The van der Waals surface area contributed by atoms with Crippen molar-refractivity contribution < 1.29 is 58.8 Å². The molecule has 2 aliphatic rings. The third kappa shape index (κ3) is 18.9. The summed E-state index contributed by atoms with van der Waals surface area (Å²) in [5.41, 5.74) is 0.562. The van der Waals surface area contributed by atoms with Crippen LogP contribution in [0.2, 0.25) is 0 Å². The van der Waals surface area contributed by atoms with Crippen molar-refractivity contribution in [1.82, 2.24) is 29.8 Å². The number of rotatable bonds is 23. The minimum absolute atomic E-state index is 0.115. The van der Waals surface area contributed by atoms with Crippen molar-refractivity contribution in [3.63, 3.8) is 0 Å². The lowest BCUT2D eigenvalue weighted by molar-refractivity contribution is -0.144. The predicted octanol–water partition coefficient (Wildman–Crippen LogP) is -0.911. The predicted molar refractivity (Wildman–Crippen MR) is 196 cm³/mol. The Morgan fingerprint density at radius 2 is 1.24 bits per heavy atom. The monoisotopic (exact) mass is 785 g/mol. The molecule has 2 rings (SSSR count). The largest absolute Gasteiger partial charge is 0.481 e. The Kier molecular flexibility index (Phi) is 20.9. The molecule has 0 radical (unpaired) electrons. The zero-order valence-corrected chi connectivity index (χ0v) is 31.7. The van der Waals surface area contributed by atoms with Crippen LogP contribution in [0.5, 0.6) is 0 Å². The third-order valence-corrected chi connectivity index (χ3v) is 10.4. The zero-order valence-electron chi connectivity index (χ0n) is 30.9. The van der Waals surface area contributed by atoms with E-state index >= 15 is 0 Å². The maximum absolute atomic E-state index is 12.9. The molecule has 2 aliphatic heterocycles. The molecule has 3 amide bonds. The first-order valence-corrected chi connectivity index (χ1v) is 19.1. The van der Waals surface area contributed by atoms with Gasteiger partial charge in [0.05, 0.1) is 43.9 Å². The lowest BCUT2D eigenvalue weighted by Crippen LogP contribution is -2.50. The van der Waals surface area contributed by atoms with Crippen LogP contribution < -0.4 is 5.32 Å². The van der Waals surface area contributed by atoms with Gasteiger partial charge in [0.1, 0.15) is 0 Å². The summed E-state index contributed by atoms with van der Waals surface area (Å²) in [6, 6.07) is 0. The van der Waals surface area contributed by atoms with Gasteiger partial charge in [0.25, 0.3) is 0 Å². The number of carboxylic acids is 4. The number of hydrogen-bond donors (Lipinski definition) is 6. The maximum Gasteiger partial charge on any atom is 0.317 e. The van der Waals surface area contributed by atoms with E-state index in [0.29, 0.717) is 30.7 Å². The summed E-state index contributed by atoms with van der Waals surface area (Å²) in [4.78, 5) is 105. The average Bonchev–Trinajstić information content (AvgIpc) is 3.34. The highest BCUT2D eigenvalue weighted by atomic mass is 32.2. The normalized spacial score (nSPS) is 19.1. The summed E-state index contributed by atoms with van der Waals surface area (Å²) >= 11 is 1.41. The van der Waals surface area contributed by atoms with Crippen LogP contribution in [0.3, 0.4) is 0 Å². The fourth-order valence-electron chi connectivity index (χ4n) is 6.14. The number of nitrogens with zero attached hydrogens (tertiary/aromatic N) is 5. The minimum Gasteiger partial charge on any atom is -0.481 e. The number of carbonyl (C=O) groups excluding carboxylic acids is 4. The van der Waals surface area contributed by atoms with Gasteiger partial charge in [0.15, 0.2) is 5.78 Å². The van der Waals surface area contributed by atoms with Gasteiger partial charge in [0, 0.05) is 77.5 Å². The number of amides is 3. The number of nitrogens with one attached hydrogen (secondary N) is 2. The number of aliphatic carboxylic acids is 4. The van der Waals surface area contributed by atoms with Crippen molar-refractivity contribution in [2.24, 2.45) is 5.92 Å². The van der Waals surface area contributed by atoms with Gasteiger partial charge in [-0.1, -0.05) is 6.42 Å². The van der Waals surface area contributed by atoms with Gasteiger partial charge < -0.3 is 31.2 Å². The fraction of sp³-hybridized carbons (Fsp3) is 0.735. The Morgan fingerprint density at radius 3 is 1.69 bits per heavy atom. The number of thioether (sulfide) groups is 1.